The van der Waals surface area contributed by atoms with E-state index in [0.717, 1.165) is 24.5 Å². The van der Waals surface area contributed by atoms with Crippen LogP contribution in [0.15, 0.2) is 64.0 Å². The molecule has 1 saturated heterocycles. The van der Waals surface area contributed by atoms with Crippen molar-refractivity contribution in [3.63, 3.8) is 0 Å². The second-order valence-electron chi connectivity index (χ2n) is 7.03. The maximum absolute atomic E-state index is 12.6. The largest absolute Gasteiger partial charge is 0.378 e. The first kappa shape index (κ1) is 21.5. The van der Waals surface area contributed by atoms with Gasteiger partial charge in [0.25, 0.3) is 10.0 Å². The average Bonchev–Trinajstić information content (AvgIpc) is 2.75. The van der Waals surface area contributed by atoms with Gasteiger partial charge in [0.15, 0.2) is 0 Å². The van der Waals surface area contributed by atoms with Crippen LogP contribution in [0.25, 0.3) is 0 Å². The number of nitrogens with zero attached hydrogens (tertiary/aromatic N) is 3. The first-order chi connectivity index (χ1) is 14.9. The predicted molar refractivity (Wildman–Crippen MR) is 124 cm³/mol. The van der Waals surface area contributed by atoms with Crippen LogP contribution in [-0.2, 0) is 14.8 Å². The van der Waals surface area contributed by atoms with Crippen LogP contribution in [0.1, 0.15) is 5.69 Å². The van der Waals surface area contributed by atoms with Crippen LogP contribution < -0.4 is 14.9 Å². The summed E-state index contributed by atoms with van der Waals surface area (Å²) >= 11 is 3.28. The molecule has 162 valence electrons. The van der Waals surface area contributed by atoms with Gasteiger partial charge in [-0.15, -0.1) is 0 Å². The molecule has 0 radical (unpaired) electrons. The summed E-state index contributed by atoms with van der Waals surface area (Å²) in [6.07, 6.45) is 0. The number of anilines is 4. The third kappa shape index (κ3) is 5.33. The minimum atomic E-state index is -3.69. The molecule has 0 amide bonds. The number of aryl methyl sites for hydroxylation is 1. The quantitative estimate of drug-likeness (QED) is 0.525. The zero-order chi connectivity index (χ0) is 21.8. The van der Waals surface area contributed by atoms with E-state index in [1.54, 1.807) is 48.5 Å². The van der Waals surface area contributed by atoms with E-state index < -0.39 is 10.0 Å². The van der Waals surface area contributed by atoms with Crippen molar-refractivity contribution in [3.8, 4) is 0 Å². The predicted octanol–water partition coefficient (Wildman–Crippen LogP) is 3.93. The van der Waals surface area contributed by atoms with Gasteiger partial charge >= 0.3 is 0 Å². The molecule has 3 aromatic rings. The number of halogens is 1. The fraction of sp³-hybridized carbons (Fsp3) is 0.238. The molecule has 31 heavy (non-hydrogen) atoms. The van der Waals surface area contributed by atoms with Crippen molar-refractivity contribution < 1.29 is 13.2 Å². The lowest BCUT2D eigenvalue weighted by Gasteiger charge is -2.27. The normalized spacial score (nSPS) is 14.3. The van der Waals surface area contributed by atoms with Crippen molar-refractivity contribution in [2.45, 2.75) is 11.8 Å². The number of aromatic nitrogens is 2. The van der Waals surface area contributed by atoms with Gasteiger partial charge in [0.1, 0.15) is 10.7 Å². The fourth-order valence-corrected chi connectivity index (χ4v) is 5.23. The first-order valence-corrected chi connectivity index (χ1v) is 12.0. The summed E-state index contributed by atoms with van der Waals surface area (Å²) in [7, 11) is -3.69. The molecule has 0 spiro atoms. The Labute approximate surface area is 189 Å². The van der Waals surface area contributed by atoms with Crippen molar-refractivity contribution in [2.24, 2.45) is 0 Å². The van der Waals surface area contributed by atoms with Gasteiger partial charge in [-0.3, -0.25) is 4.72 Å². The zero-order valence-electron chi connectivity index (χ0n) is 16.9. The summed E-state index contributed by atoms with van der Waals surface area (Å²) in [4.78, 5) is 11.4. The second-order valence-corrected chi connectivity index (χ2v) is 9.54. The van der Waals surface area contributed by atoms with Gasteiger partial charge in [-0.05, 0) is 59.3 Å². The minimum absolute atomic E-state index is 0.185. The highest BCUT2D eigenvalue weighted by Crippen LogP contribution is 2.25. The molecule has 0 aliphatic carbocycles. The highest BCUT2D eigenvalue weighted by molar-refractivity contribution is 9.10. The lowest BCUT2D eigenvalue weighted by molar-refractivity contribution is 0.122. The highest BCUT2D eigenvalue weighted by Gasteiger charge is 2.17. The molecule has 0 saturated carbocycles. The Morgan fingerprint density at radius 1 is 1.00 bits per heavy atom. The summed E-state index contributed by atoms with van der Waals surface area (Å²) in [6, 6.07) is 15.6. The summed E-state index contributed by atoms with van der Waals surface area (Å²) in [5.74, 6) is 1.35. The molecule has 1 fully saturated rings. The van der Waals surface area contributed by atoms with E-state index in [2.05, 4.69) is 40.8 Å². The number of morpholine rings is 1. The van der Waals surface area contributed by atoms with E-state index >= 15 is 0 Å². The van der Waals surface area contributed by atoms with Gasteiger partial charge in [-0.25, -0.2) is 13.4 Å². The highest BCUT2D eigenvalue weighted by atomic mass is 79.9. The van der Waals surface area contributed by atoms with Crippen LogP contribution in [0.2, 0.25) is 0 Å². The molecule has 8 nitrogen and oxygen atoms in total. The summed E-state index contributed by atoms with van der Waals surface area (Å²) in [5.41, 5.74) is 2.11. The number of hydrogen-bond donors (Lipinski definition) is 2. The smallest absolute Gasteiger partial charge is 0.263 e. The molecule has 4 rings (SSSR count). The monoisotopic (exact) mass is 503 g/mol. The number of benzene rings is 2. The lowest BCUT2D eigenvalue weighted by Crippen LogP contribution is -2.37. The second kappa shape index (κ2) is 9.21. The van der Waals surface area contributed by atoms with E-state index in [9.17, 15) is 8.42 Å². The van der Waals surface area contributed by atoms with Crippen molar-refractivity contribution >= 4 is 49.1 Å². The Hall–Kier alpha value is -2.69. The van der Waals surface area contributed by atoms with Crippen LogP contribution in [0.4, 0.5) is 23.1 Å². The van der Waals surface area contributed by atoms with Gasteiger partial charge in [0.2, 0.25) is 5.95 Å². The minimum Gasteiger partial charge on any atom is -0.378 e. The van der Waals surface area contributed by atoms with E-state index in [0.29, 0.717) is 35.1 Å². The molecule has 2 heterocycles. The molecule has 2 aromatic carbocycles. The molecule has 1 aromatic heterocycles. The molecule has 1 aliphatic rings. The Bertz CT molecular complexity index is 1170. The number of hydrogen-bond acceptors (Lipinski definition) is 7. The molecule has 2 N–H and O–H groups in total. The Kier molecular flexibility index (Phi) is 6.40. The molecule has 0 atom stereocenters. The van der Waals surface area contributed by atoms with Gasteiger partial charge in [-0.2, -0.15) is 4.98 Å². The van der Waals surface area contributed by atoms with E-state index in [1.807, 2.05) is 13.0 Å². The Morgan fingerprint density at radius 2 is 1.68 bits per heavy atom. The van der Waals surface area contributed by atoms with E-state index in [1.165, 1.54) is 0 Å². The van der Waals surface area contributed by atoms with Crippen LogP contribution in [-0.4, -0.2) is 44.7 Å². The lowest BCUT2D eigenvalue weighted by atomic mass is 10.3. The van der Waals surface area contributed by atoms with Crippen molar-refractivity contribution in [2.75, 3.05) is 41.2 Å². The van der Waals surface area contributed by atoms with E-state index in [4.69, 9.17) is 4.74 Å². The summed E-state index contributed by atoms with van der Waals surface area (Å²) in [5, 5.41) is 3.26. The number of sulfonamides is 1. The average molecular weight is 504 g/mol. The Balaban J connectivity index is 1.48. The Morgan fingerprint density at radius 3 is 2.39 bits per heavy atom. The maximum Gasteiger partial charge on any atom is 0.263 e. The SMILES string of the molecule is Cc1cc(Nc2ccc(NS(=O)(=O)c3ccccc3Br)cc2)nc(N2CCOCC2)n1. The van der Waals surface area contributed by atoms with Crippen molar-refractivity contribution in [1.29, 1.82) is 0 Å². The first-order valence-electron chi connectivity index (χ1n) is 9.73. The van der Waals surface area contributed by atoms with Crippen LogP contribution in [0.5, 0.6) is 0 Å². The topological polar surface area (TPSA) is 96.5 Å². The van der Waals surface area contributed by atoms with Crippen LogP contribution in [0, 0.1) is 6.92 Å². The molecular weight excluding hydrogens is 482 g/mol. The van der Waals surface area contributed by atoms with Crippen molar-refractivity contribution in [1.82, 2.24) is 9.97 Å². The van der Waals surface area contributed by atoms with Crippen LogP contribution >= 0.6 is 15.9 Å². The maximum atomic E-state index is 12.6. The van der Waals surface area contributed by atoms with Gasteiger partial charge < -0.3 is 15.0 Å². The van der Waals surface area contributed by atoms with Gasteiger partial charge in [-0.1, -0.05) is 12.1 Å². The van der Waals surface area contributed by atoms with Gasteiger partial charge in [0.05, 0.1) is 13.2 Å². The fourth-order valence-electron chi connectivity index (χ4n) is 3.16. The number of nitrogens with one attached hydrogen (secondary N) is 2. The molecule has 1 aliphatic heterocycles. The van der Waals surface area contributed by atoms with E-state index in [-0.39, 0.29) is 4.90 Å². The molecule has 10 heteroatoms. The zero-order valence-corrected chi connectivity index (χ0v) is 19.3. The number of rotatable bonds is 6. The molecule has 0 unspecified atom stereocenters. The standard InChI is InChI=1S/C21H22BrN5O3S/c1-15-14-20(25-21(23-15)27-10-12-30-13-11-27)24-16-6-8-17(9-7-16)26-31(28,29)19-5-3-2-4-18(19)22/h2-9,14,26H,10-13H2,1H3,(H,23,24,25). The summed E-state index contributed by atoms with van der Waals surface area (Å²) in [6.45, 7) is 4.77. The molecule has 0 bridgehead atoms. The number of ether oxygens (including phenoxy) is 1. The third-order valence-electron chi connectivity index (χ3n) is 4.67. The summed E-state index contributed by atoms with van der Waals surface area (Å²) < 4.78 is 33.8. The molecular formula is C21H22BrN5O3S. The van der Waals surface area contributed by atoms with Crippen LogP contribution in [0.3, 0.4) is 0 Å². The third-order valence-corrected chi connectivity index (χ3v) is 7.07. The van der Waals surface area contributed by atoms with Gasteiger partial charge in [0, 0.05) is 40.7 Å². The van der Waals surface area contributed by atoms with Crippen molar-refractivity contribution in [3.05, 3.63) is 64.8 Å².